The Bertz CT molecular complexity index is 2640. The molecule has 2 aromatic heterocycles. The van der Waals surface area contributed by atoms with Gasteiger partial charge in [0.05, 0.1) is 49.5 Å². The highest BCUT2D eigenvalue weighted by Crippen LogP contribution is 2.37. The maximum absolute atomic E-state index is 13.3. The number of alkyl halides is 6. The summed E-state index contributed by atoms with van der Waals surface area (Å²) >= 11 is 0. The Balaban J connectivity index is 0.000000221. The fraction of sp³-hybridized carbons (Fsp3) is 0.211. The first-order valence-electron chi connectivity index (χ1n) is 16.8. The predicted molar refractivity (Wildman–Crippen MR) is 208 cm³/mol. The van der Waals surface area contributed by atoms with Crippen molar-refractivity contribution in [1.82, 2.24) is 19.6 Å². The van der Waals surface area contributed by atoms with Gasteiger partial charge in [0.25, 0.3) is 0 Å². The van der Waals surface area contributed by atoms with Crippen LogP contribution in [0.25, 0.3) is 33.9 Å². The van der Waals surface area contributed by atoms with E-state index in [0.29, 0.717) is 45.4 Å². The number of halogens is 6. The van der Waals surface area contributed by atoms with E-state index in [9.17, 15) is 43.2 Å². The van der Waals surface area contributed by atoms with Crippen molar-refractivity contribution in [3.8, 4) is 45.4 Å². The molecule has 0 spiro atoms. The third-order valence-electron chi connectivity index (χ3n) is 8.31. The molecule has 12 nitrogen and oxygen atoms in total. The zero-order chi connectivity index (χ0) is 42.8. The number of benzene rings is 4. The predicted octanol–water partition coefficient (Wildman–Crippen LogP) is 8.49. The number of sulfonamides is 2. The van der Waals surface area contributed by atoms with Crippen molar-refractivity contribution < 1.29 is 52.7 Å². The Hall–Kier alpha value is -6.02. The number of nitrogens with one attached hydrogen (secondary N) is 2. The third kappa shape index (κ3) is 10.7. The van der Waals surface area contributed by atoms with Gasteiger partial charge in [-0.1, -0.05) is 12.1 Å². The van der Waals surface area contributed by atoms with Crippen molar-refractivity contribution in [2.45, 2.75) is 26.2 Å². The summed E-state index contributed by atoms with van der Waals surface area (Å²) in [6.07, 6.45) is -7.22. The molecule has 0 saturated heterocycles. The van der Waals surface area contributed by atoms with E-state index in [4.69, 9.17) is 9.47 Å². The van der Waals surface area contributed by atoms with E-state index in [0.717, 1.165) is 40.5 Å². The number of ether oxygens (including phenoxy) is 2. The maximum Gasteiger partial charge on any atom is 0.435 e. The zero-order valence-corrected chi connectivity index (χ0v) is 33.2. The van der Waals surface area contributed by atoms with Crippen LogP contribution in [0.1, 0.15) is 22.5 Å². The van der Waals surface area contributed by atoms with Gasteiger partial charge >= 0.3 is 12.4 Å². The SMILES string of the molecule is COc1ccc(-c2cc(C(F)(F)F)nn2-c2ccc(NS(C)(=O)=O)cc2)cc1OC.Cc1ccc(-c2cc(C(F)(F)F)nn2-c2ccc(NS(C)(=O)=O)cc2)cc1C. The van der Waals surface area contributed by atoms with Crippen LogP contribution in [0.15, 0.2) is 97.1 Å². The Kier molecular flexibility index (Phi) is 12.2. The average Bonchev–Trinajstić information content (AvgIpc) is 3.79. The quantitative estimate of drug-likeness (QED) is 0.131. The third-order valence-corrected chi connectivity index (χ3v) is 9.52. The lowest BCUT2D eigenvalue weighted by molar-refractivity contribution is -0.142. The Labute approximate surface area is 330 Å². The fourth-order valence-electron chi connectivity index (χ4n) is 5.51. The van der Waals surface area contributed by atoms with Crippen LogP contribution in [0.4, 0.5) is 37.7 Å². The number of anilines is 2. The highest BCUT2D eigenvalue weighted by molar-refractivity contribution is 7.92. The number of hydrogen-bond acceptors (Lipinski definition) is 8. The lowest BCUT2D eigenvalue weighted by atomic mass is 10.0. The smallest absolute Gasteiger partial charge is 0.435 e. The monoisotopic (exact) mass is 850 g/mol. The van der Waals surface area contributed by atoms with Crippen molar-refractivity contribution in [2.75, 3.05) is 36.2 Å². The standard InChI is InChI=1S/C19H18F3N3O4S.C19H18F3N3O2S/c1-28-16-9-4-12(10-17(16)29-2)15-11-18(19(20,21)22)23-25(15)14-7-5-13(6-8-14)24-30(3,26)27;1-12-4-5-14(10-13(12)2)17-11-18(19(20,21)22)23-25(17)16-8-6-15(7-9-16)24-28(3,26)27/h4-11,24H,1-3H3;4-11,24H,1-3H3. The number of methoxy groups -OCH3 is 2. The largest absolute Gasteiger partial charge is 0.493 e. The van der Waals surface area contributed by atoms with Gasteiger partial charge in [0.1, 0.15) is 0 Å². The molecule has 6 rings (SSSR count). The van der Waals surface area contributed by atoms with Crippen LogP contribution in [0.2, 0.25) is 0 Å². The summed E-state index contributed by atoms with van der Waals surface area (Å²) in [4.78, 5) is 0. The van der Waals surface area contributed by atoms with Crippen LogP contribution >= 0.6 is 0 Å². The number of aromatic nitrogens is 4. The Morgan fingerprint density at radius 3 is 1.29 bits per heavy atom. The summed E-state index contributed by atoms with van der Waals surface area (Å²) in [5.41, 5.74) is 2.68. The normalized spacial score (nSPS) is 12.1. The van der Waals surface area contributed by atoms with Crippen molar-refractivity contribution in [1.29, 1.82) is 0 Å². The minimum absolute atomic E-state index is 0.173. The second kappa shape index (κ2) is 16.5. The highest BCUT2D eigenvalue weighted by atomic mass is 32.2. The van der Waals surface area contributed by atoms with E-state index in [1.807, 2.05) is 26.0 Å². The summed E-state index contributed by atoms with van der Waals surface area (Å²) in [5.74, 6) is 0.781. The minimum Gasteiger partial charge on any atom is -0.493 e. The summed E-state index contributed by atoms with van der Waals surface area (Å²) in [5, 5.41) is 7.45. The van der Waals surface area contributed by atoms with Gasteiger partial charge in [0, 0.05) is 22.5 Å². The molecule has 0 fully saturated rings. The van der Waals surface area contributed by atoms with E-state index >= 15 is 0 Å². The summed E-state index contributed by atoms with van der Waals surface area (Å²) < 4.78 is 142. The molecule has 0 radical (unpaired) electrons. The van der Waals surface area contributed by atoms with E-state index in [1.165, 1.54) is 67.4 Å². The van der Waals surface area contributed by atoms with E-state index < -0.39 is 43.8 Å². The number of aryl methyl sites for hydroxylation is 2. The second-order valence-corrected chi connectivity index (χ2v) is 16.4. The topological polar surface area (TPSA) is 146 Å². The summed E-state index contributed by atoms with van der Waals surface area (Å²) in [6, 6.07) is 23.8. The molecular weight excluding hydrogens is 815 g/mol. The lowest BCUT2D eigenvalue weighted by Gasteiger charge is -2.12. The molecule has 0 saturated carbocycles. The zero-order valence-electron chi connectivity index (χ0n) is 31.6. The number of hydrogen-bond donors (Lipinski definition) is 2. The van der Waals surface area contributed by atoms with Crippen LogP contribution in [0.5, 0.6) is 11.5 Å². The molecule has 20 heteroatoms. The van der Waals surface area contributed by atoms with Gasteiger partial charge in [-0.2, -0.15) is 36.5 Å². The maximum atomic E-state index is 13.3. The number of rotatable bonds is 10. The van der Waals surface area contributed by atoms with Crippen LogP contribution in [0, 0.1) is 13.8 Å². The molecule has 0 amide bonds. The van der Waals surface area contributed by atoms with Crippen molar-refractivity contribution in [2.24, 2.45) is 0 Å². The first kappa shape index (κ1) is 43.1. The van der Waals surface area contributed by atoms with Crippen molar-refractivity contribution in [3.05, 3.63) is 120 Å². The minimum atomic E-state index is -4.64. The van der Waals surface area contributed by atoms with Gasteiger partial charge < -0.3 is 9.47 Å². The van der Waals surface area contributed by atoms with Crippen LogP contribution < -0.4 is 18.9 Å². The summed E-state index contributed by atoms with van der Waals surface area (Å²) in [7, 11) is -4.06. The molecule has 0 unspecified atom stereocenters. The molecule has 308 valence electrons. The van der Waals surface area contributed by atoms with Gasteiger partial charge in [-0.25, -0.2) is 26.2 Å². The fourth-order valence-corrected chi connectivity index (χ4v) is 6.64. The van der Waals surface area contributed by atoms with Gasteiger partial charge in [-0.3, -0.25) is 9.44 Å². The molecule has 4 aromatic carbocycles. The van der Waals surface area contributed by atoms with Gasteiger partial charge in [0.15, 0.2) is 22.9 Å². The van der Waals surface area contributed by atoms with Crippen LogP contribution in [-0.2, 0) is 32.4 Å². The molecule has 0 aliphatic carbocycles. The van der Waals surface area contributed by atoms with Gasteiger partial charge in [0.2, 0.25) is 20.0 Å². The molecule has 0 bridgehead atoms. The van der Waals surface area contributed by atoms with E-state index in [1.54, 1.807) is 24.3 Å². The molecule has 0 aliphatic rings. The molecular formula is C38H36F6N6O6S2. The van der Waals surface area contributed by atoms with Crippen LogP contribution in [0.3, 0.4) is 0 Å². The summed E-state index contributed by atoms with van der Waals surface area (Å²) in [6.45, 7) is 3.81. The Morgan fingerprint density at radius 2 is 0.931 bits per heavy atom. The van der Waals surface area contributed by atoms with Gasteiger partial charge in [-0.05, 0) is 110 Å². The lowest BCUT2D eigenvalue weighted by Crippen LogP contribution is -2.10. The second-order valence-electron chi connectivity index (χ2n) is 12.9. The molecule has 0 aliphatic heterocycles. The first-order valence-corrected chi connectivity index (χ1v) is 20.5. The molecule has 2 heterocycles. The molecule has 6 aromatic rings. The molecule has 58 heavy (non-hydrogen) atoms. The van der Waals surface area contributed by atoms with Crippen molar-refractivity contribution >= 4 is 31.4 Å². The Morgan fingerprint density at radius 1 is 0.534 bits per heavy atom. The van der Waals surface area contributed by atoms with Crippen molar-refractivity contribution in [3.63, 3.8) is 0 Å². The van der Waals surface area contributed by atoms with E-state index in [-0.39, 0.29) is 11.4 Å². The van der Waals surface area contributed by atoms with Crippen LogP contribution in [-0.4, -0.2) is 63.1 Å². The molecule has 0 atom stereocenters. The highest BCUT2D eigenvalue weighted by Gasteiger charge is 2.36. The average molecular weight is 851 g/mol. The van der Waals surface area contributed by atoms with E-state index in [2.05, 4.69) is 19.6 Å². The van der Waals surface area contributed by atoms with Gasteiger partial charge in [-0.15, -0.1) is 0 Å². The number of nitrogens with zero attached hydrogens (tertiary/aromatic N) is 4. The molecule has 2 N–H and O–H groups in total. The first-order chi connectivity index (χ1) is 27.0.